The Morgan fingerprint density at radius 3 is 2.94 bits per heavy atom. The molecule has 2 rings (SSSR count). The molecule has 0 spiro atoms. The maximum absolute atomic E-state index is 5.67. The summed E-state index contributed by atoms with van der Waals surface area (Å²) < 4.78 is 0. The molecule has 4 nitrogen and oxygen atoms in total. The molecular weight excluding hydrogens is 224 g/mol. The molecule has 0 aliphatic carbocycles. The van der Waals surface area contributed by atoms with Gasteiger partial charge in [0.15, 0.2) is 0 Å². The fourth-order valence-electron chi connectivity index (χ4n) is 1.31. The molecule has 16 heavy (non-hydrogen) atoms. The summed E-state index contributed by atoms with van der Waals surface area (Å²) in [5.41, 5.74) is 1.19. The summed E-state index contributed by atoms with van der Waals surface area (Å²) in [6, 6.07) is 5.76. The smallest absolute Gasteiger partial charge is 0.224 e. The predicted octanol–water partition coefficient (Wildman–Crippen LogP) is 2.18. The van der Waals surface area contributed by atoms with E-state index in [0.717, 1.165) is 18.8 Å². The highest BCUT2D eigenvalue weighted by atomic mass is 35.5. The number of anilines is 1. The molecule has 5 heteroatoms. The van der Waals surface area contributed by atoms with Crippen molar-refractivity contribution in [3.05, 3.63) is 47.6 Å². The Balaban J connectivity index is 1.85. The number of nitrogens with zero attached hydrogens (tertiary/aromatic N) is 3. The van der Waals surface area contributed by atoms with Crippen LogP contribution in [0.15, 0.2) is 36.8 Å². The minimum atomic E-state index is 0.256. The lowest BCUT2D eigenvalue weighted by molar-refractivity contribution is 0.988. The van der Waals surface area contributed by atoms with E-state index in [4.69, 9.17) is 11.6 Å². The molecule has 0 fully saturated rings. The lowest BCUT2D eigenvalue weighted by atomic mass is 10.2. The van der Waals surface area contributed by atoms with E-state index >= 15 is 0 Å². The van der Waals surface area contributed by atoms with Crippen molar-refractivity contribution in [2.45, 2.75) is 6.42 Å². The van der Waals surface area contributed by atoms with Crippen molar-refractivity contribution in [3.63, 3.8) is 0 Å². The number of hydrogen-bond acceptors (Lipinski definition) is 4. The highest BCUT2D eigenvalue weighted by Crippen LogP contribution is 2.06. The van der Waals surface area contributed by atoms with Crippen molar-refractivity contribution in [3.8, 4) is 0 Å². The van der Waals surface area contributed by atoms with Crippen molar-refractivity contribution in [1.29, 1.82) is 0 Å². The van der Waals surface area contributed by atoms with Crippen LogP contribution in [0.4, 0.5) is 5.82 Å². The molecule has 0 saturated carbocycles. The normalized spacial score (nSPS) is 10.1. The van der Waals surface area contributed by atoms with Gasteiger partial charge in [-0.1, -0.05) is 6.07 Å². The summed E-state index contributed by atoms with van der Waals surface area (Å²) in [6.07, 6.45) is 6.15. The van der Waals surface area contributed by atoms with Crippen LogP contribution >= 0.6 is 11.6 Å². The Morgan fingerprint density at radius 1 is 1.25 bits per heavy atom. The summed E-state index contributed by atoms with van der Waals surface area (Å²) in [4.78, 5) is 11.9. The quantitative estimate of drug-likeness (QED) is 0.824. The zero-order valence-corrected chi connectivity index (χ0v) is 9.35. The van der Waals surface area contributed by atoms with Gasteiger partial charge in [0.25, 0.3) is 0 Å². The van der Waals surface area contributed by atoms with Crippen molar-refractivity contribution < 1.29 is 0 Å². The van der Waals surface area contributed by atoms with Crippen LogP contribution in [-0.2, 0) is 6.42 Å². The number of nitrogens with one attached hydrogen (secondary N) is 1. The Bertz CT molecular complexity index is 447. The fraction of sp³-hybridized carbons (Fsp3) is 0.182. The number of aromatic nitrogens is 3. The molecule has 2 heterocycles. The van der Waals surface area contributed by atoms with E-state index in [9.17, 15) is 0 Å². The molecule has 0 aliphatic rings. The highest BCUT2D eigenvalue weighted by Gasteiger charge is 1.96. The van der Waals surface area contributed by atoms with Gasteiger partial charge < -0.3 is 5.32 Å². The molecule has 0 amide bonds. The van der Waals surface area contributed by atoms with Gasteiger partial charge in [-0.25, -0.2) is 9.97 Å². The van der Waals surface area contributed by atoms with Crippen LogP contribution in [0.5, 0.6) is 0 Å². The molecule has 82 valence electrons. The van der Waals surface area contributed by atoms with Gasteiger partial charge in [-0.2, -0.15) is 0 Å². The summed E-state index contributed by atoms with van der Waals surface area (Å²) in [5.74, 6) is 0.740. The average molecular weight is 235 g/mol. The van der Waals surface area contributed by atoms with E-state index in [0.29, 0.717) is 0 Å². The standard InChI is InChI=1S/C11H11ClN4/c12-11-15-7-4-10(16-11)14-6-3-9-2-1-5-13-8-9/h1-2,4-5,7-8H,3,6H2,(H,14,15,16). The van der Waals surface area contributed by atoms with Gasteiger partial charge in [-0.3, -0.25) is 4.98 Å². The van der Waals surface area contributed by atoms with Gasteiger partial charge in [0.05, 0.1) is 0 Å². The van der Waals surface area contributed by atoms with Crippen LogP contribution in [-0.4, -0.2) is 21.5 Å². The van der Waals surface area contributed by atoms with Crippen LogP contribution in [0.2, 0.25) is 5.28 Å². The van der Waals surface area contributed by atoms with Gasteiger partial charge >= 0.3 is 0 Å². The molecular formula is C11H11ClN4. The zero-order chi connectivity index (χ0) is 11.2. The summed E-state index contributed by atoms with van der Waals surface area (Å²) in [5, 5.41) is 3.43. The molecule has 0 saturated heterocycles. The summed E-state index contributed by atoms with van der Waals surface area (Å²) in [7, 11) is 0. The van der Waals surface area contributed by atoms with E-state index in [2.05, 4.69) is 20.3 Å². The summed E-state index contributed by atoms with van der Waals surface area (Å²) >= 11 is 5.67. The maximum atomic E-state index is 5.67. The third kappa shape index (κ3) is 3.17. The number of halogens is 1. The van der Waals surface area contributed by atoms with Gasteiger partial charge in [-0.05, 0) is 35.7 Å². The molecule has 1 N–H and O–H groups in total. The number of rotatable bonds is 4. The van der Waals surface area contributed by atoms with Crippen molar-refractivity contribution in [2.75, 3.05) is 11.9 Å². The Labute approximate surface area is 98.7 Å². The average Bonchev–Trinajstić information content (AvgIpc) is 2.30. The number of hydrogen-bond donors (Lipinski definition) is 1. The van der Waals surface area contributed by atoms with Gasteiger partial charge in [0.2, 0.25) is 5.28 Å². The van der Waals surface area contributed by atoms with Crippen molar-refractivity contribution >= 4 is 17.4 Å². The van der Waals surface area contributed by atoms with E-state index in [1.54, 1.807) is 18.5 Å². The molecule has 0 unspecified atom stereocenters. The van der Waals surface area contributed by atoms with Crippen molar-refractivity contribution in [1.82, 2.24) is 15.0 Å². The topological polar surface area (TPSA) is 50.7 Å². The zero-order valence-electron chi connectivity index (χ0n) is 8.60. The largest absolute Gasteiger partial charge is 0.370 e. The Kier molecular flexibility index (Phi) is 3.66. The monoisotopic (exact) mass is 234 g/mol. The molecule has 2 aromatic heterocycles. The molecule has 0 radical (unpaired) electrons. The van der Waals surface area contributed by atoms with Gasteiger partial charge in [-0.15, -0.1) is 0 Å². The third-order valence-corrected chi connectivity index (χ3v) is 2.25. The van der Waals surface area contributed by atoms with E-state index in [1.807, 2.05) is 18.3 Å². The van der Waals surface area contributed by atoms with Crippen LogP contribution < -0.4 is 5.32 Å². The molecule has 0 bridgehead atoms. The second-order valence-electron chi connectivity index (χ2n) is 3.25. The van der Waals surface area contributed by atoms with E-state index in [1.165, 1.54) is 5.56 Å². The van der Waals surface area contributed by atoms with E-state index < -0.39 is 0 Å². The summed E-state index contributed by atoms with van der Waals surface area (Å²) in [6.45, 7) is 0.791. The third-order valence-electron chi connectivity index (χ3n) is 2.07. The first-order valence-electron chi connectivity index (χ1n) is 4.96. The lowest BCUT2D eigenvalue weighted by Crippen LogP contribution is -2.06. The van der Waals surface area contributed by atoms with Crippen LogP contribution in [0, 0.1) is 0 Å². The van der Waals surface area contributed by atoms with Gasteiger partial charge in [0.1, 0.15) is 5.82 Å². The first-order chi connectivity index (χ1) is 7.84. The van der Waals surface area contributed by atoms with Gasteiger partial charge in [0, 0.05) is 25.1 Å². The first-order valence-corrected chi connectivity index (χ1v) is 5.34. The second-order valence-corrected chi connectivity index (χ2v) is 3.59. The van der Waals surface area contributed by atoms with Crippen molar-refractivity contribution in [2.24, 2.45) is 0 Å². The minimum absolute atomic E-state index is 0.256. The van der Waals surface area contributed by atoms with Crippen LogP contribution in [0.25, 0.3) is 0 Å². The Hall–Kier alpha value is -1.68. The molecule has 0 aromatic carbocycles. The Morgan fingerprint density at radius 2 is 2.19 bits per heavy atom. The minimum Gasteiger partial charge on any atom is -0.370 e. The van der Waals surface area contributed by atoms with E-state index in [-0.39, 0.29) is 5.28 Å². The second kappa shape index (κ2) is 5.42. The fourth-order valence-corrected chi connectivity index (χ4v) is 1.46. The lowest BCUT2D eigenvalue weighted by Gasteiger charge is -2.04. The van der Waals surface area contributed by atoms with Crippen LogP contribution in [0.1, 0.15) is 5.56 Å². The number of pyridine rings is 1. The van der Waals surface area contributed by atoms with Crippen LogP contribution in [0.3, 0.4) is 0 Å². The SMILES string of the molecule is Clc1nccc(NCCc2cccnc2)n1. The molecule has 2 aromatic rings. The maximum Gasteiger partial charge on any atom is 0.224 e. The molecule has 0 atom stereocenters. The highest BCUT2D eigenvalue weighted by molar-refractivity contribution is 6.28. The predicted molar refractivity (Wildman–Crippen MR) is 63.5 cm³/mol. The first kappa shape index (κ1) is 10.8. The molecule has 0 aliphatic heterocycles.